The first-order valence-corrected chi connectivity index (χ1v) is 8.43. The van der Waals surface area contributed by atoms with Crippen LogP contribution in [-0.4, -0.2) is 53.7 Å². The Morgan fingerprint density at radius 2 is 1.96 bits per heavy atom. The lowest BCUT2D eigenvalue weighted by Crippen LogP contribution is -2.32. The first kappa shape index (κ1) is 17.0. The van der Waals surface area contributed by atoms with Crippen LogP contribution in [0.3, 0.4) is 0 Å². The van der Waals surface area contributed by atoms with Crippen LogP contribution in [0.15, 0.2) is 30.3 Å². The third-order valence-electron chi connectivity index (χ3n) is 4.29. The van der Waals surface area contributed by atoms with Gasteiger partial charge in [-0.25, -0.2) is 0 Å². The normalized spacial score (nSPS) is 13.7. The molecule has 0 unspecified atom stereocenters. The van der Waals surface area contributed by atoms with Crippen LogP contribution in [0.1, 0.15) is 29.8 Å². The summed E-state index contributed by atoms with van der Waals surface area (Å²) in [6.45, 7) is 1.99. The Hall–Kier alpha value is -2.83. The molecule has 0 radical (unpaired) electrons. The average Bonchev–Trinajstić information content (AvgIpc) is 3.33. The lowest BCUT2D eigenvalue weighted by molar-refractivity contribution is -0.129. The van der Waals surface area contributed by atoms with Gasteiger partial charge in [-0.1, -0.05) is 0 Å². The maximum atomic E-state index is 12.2. The van der Waals surface area contributed by atoms with Gasteiger partial charge in [0.05, 0.1) is 12.8 Å². The van der Waals surface area contributed by atoms with Crippen molar-refractivity contribution in [3.8, 4) is 17.0 Å². The number of nitrogens with one attached hydrogen (secondary N) is 2. The number of benzene rings is 1. The lowest BCUT2D eigenvalue weighted by atomic mass is 10.1. The second kappa shape index (κ2) is 7.83. The summed E-state index contributed by atoms with van der Waals surface area (Å²) in [6.07, 6.45) is 2.46. The van der Waals surface area contributed by atoms with Gasteiger partial charge in [-0.2, -0.15) is 5.10 Å². The van der Waals surface area contributed by atoms with Crippen molar-refractivity contribution in [3.63, 3.8) is 0 Å². The van der Waals surface area contributed by atoms with Crippen LogP contribution in [0.5, 0.6) is 5.75 Å². The Balaban J connectivity index is 1.52. The summed E-state index contributed by atoms with van der Waals surface area (Å²) in [4.78, 5) is 26.0. The molecule has 1 aliphatic rings. The number of hydrogen-bond acceptors (Lipinski definition) is 4. The predicted octanol–water partition coefficient (Wildman–Crippen LogP) is 1.83. The highest BCUT2D eigenvalue weighted by Crippen LogP contribution is 2.21. The average molecular weight is 342 g/mol. The number of aromatic amines is 1. The Kier molecular flexibility index (Phi) is 5.33. The van der Waals surface area contributed by atoms with E-state index in [1.54, 1.807) is 13.2 Å². The van der Waals surface area contributed by atoms with E-state index >= 15 is 0 Å². The van der Waals surface area contributed by atoms with Crippen molar-refractivity contribution >= 4 is 11.8 Å². The fraction of sp³-hybridized carbons (Fsp3) is 0.389. The molecule has 132 valence electrons. The monoisotopic (exact) mass is 342 g/mol. The van der Waals surface area contributed by atoms with Crippen LogP contribution in [0.2, 0.25) is 0 Å². The smallest absolute Gasteiger partial charge is 0.269 e. The van der Waals surface area contributed by atoms with Gasteiger partial charge in [-0.05, 0) is 43.2 Å². The number of likely N-dealkylation sites (tertiary alicyclic amines) is 1. The molecule has 1 aromatic heterocycles. The number of H-pyrrole nitrogens is 1. The number of carbonyl (C=O) groups is 2. The van der Waals surface area contributed by atoms with Gasteiger partial charge in [-0.3, -0.25) is 14.7 Å². The summed E-state index contributed by atoms with van der Waals surface area (Å²) in [7, 11) is 1.61. The third-order valence-corrected chi connectivity index (χ3v) is 4.29. The Morgan fingerprint density at radius 3 is 2.64 bits per heavy atom. The fourth-order valence-corrected chi connectivity index (χ4v) is 2.85. The minimum absolute atomic E-state index is 0.0985. The second-order valence-corrected chi connectivity index (χ2v) is 5.99. The molecular formula is C18H22N4O3. The van der Waals surface area contributed by atoms with E-state index < -0.39 is 0 Å². The largest absolute Gasteiger partial charge is 0.497 e. The molecule has 7 nitrogen and oxygen atoms in total. The maximum Gasteiger partial charge on any atom is 0.269 e. The Morgan fingerprint density at radius 1 is 1.24 bits per heavy atom. The quantitative estimate of drug-likeness (QED) is 0.838. The molecule has 1 aromatic carbocycles. The van der Waals surface area contributed by atoms with Gasteiger partial charge in [0, 0.05) is 31.6 Å². The first-order valence-electron chi connectivity index (χ1n) is 8.43. The van der Waals surface area contributed by atoms with E-state index in [0.717, 1.165) is 37.2 Å². The van der Waals surface area contributed by atoms with Crippen molar-refractivity contribution in [2.24, 2.45) is 0 Å². The van der Waals surface area contributed by atoms with Crippen LogP contribution in [0.25, 0.3) is 11.3 Å². The topological polar surface area (TPSA) is 87.3 Å². The van der Waals surface area contributed by atoms with Gasteiger partial charge >= 0.3 is 0 Å². The molecule has 0 bridgehead atoms. The van der Waals surface area contributed by atoms with Crippen LogP contribution in [0.4, 0.5) is 0 Å². The van der Waals surface area contributed by atoms with Gasteiger partial charge in [-0.15, -0.1) is 0 Å². The summed E-state index contributed by atoms with van der Waals surface area (Å²) >= 11 is 0. The molecule has 3 rings (SSSR count). The van der Waals surface area contributed by atoms with E-state index in [0.29, 0.717) is 24.4 Å². The van der Waals surface area contributed by atoms with Gasteiger partial charge in [0.2, 0.25) is 5.91 Å². The molecule has 1 saturated heterocycles. The van der Waals surface area contributed by atoms with Crippen molar-refractivity contribution in [2.75, 3.05) is 26.7 Å². The zero-order chi connectivity index (χ0) is 17.6. The van der Waals surface area contributed by atoms with Crippen molar-refractivity contribution < 1.29 is 14.3 Å². The Bertz CT molecular complexity index is 733. The zero-order valence-corrected chi connectivity index (χ0v) is 14.2. The highest BCUT2D eigenvalue weighted by Gasteiger charge is 2.18. The maximum absolute atomic E-state index is 12.2. The highest BCUT2D eigenvalue weighted by molar-refractivity contribution is 5.93. The van der Waals surface area contributed by atoms with Crippen molar-refractivity contribution in [3.05, 3.63) is 36.0 Å². The molecule has 25 heavy (non-hydrogen) atoms. The third kappa shape index (κ3) is 4.17. The molecule has 0 aliphatic carbocycles. The molecule has 7 heteroatoms. The number of hydrogen-bond donors (Lipinski definition) is 2. The number of aromatic nitrogens is 2. The minimum atomic E-state index is -0.263. The summed E-state index contributed by atoms with van der Waals surface area (Å²) in [6, 6.07) is 9.14. The Labute approximate surface area is 146 Å². The van der Waals surface area contributed by atoms with E-state index in [1.807, 2.05) is 29.2 Å². The van der Waals surface area contributed by atoms with Crippen LogP contribution in [0, 0.1) is 0 Å². The molecule has 2 N–H and O–H groups in total. The van der Waals surface area contributed by atoms with Gasteiger partial charge < -0.3 is 15.0 Å². The van der Waals surface area contributed by atoms with Crippen molar-refractivity contribution in [1.82, 2.24) is 20.4 Å². The molecule has 0 saturated carbocycles. The number of rotatable bonds is 6. The summed E-state index contributed by atoms with van der Waals surface area (Å²) in [5.41, 5.74) is 1.95. The van der Waals surface area contributed by atoms with E-state index in [1.165, 1.54) is 0 Å². The zero-order valence-electron chi connectivity index (χ0n) is 14.2. The molecule has 0 atom stereocenters. The van der Waals surface area contributed by atoms with Gasteiger partial charge in [0.25, 0.3) is 5.91 Å². The second-order valence-electron chi connectivity index (χ2n) is 5.99. The highest BCUT2D eigenvalue weighted by atomic mass is 16.5. The van der Waals surface area contributed by atoms with E-state index in [9.17, 15) is 9.59 Å². The van der Waals surface area contributed by atoms with E-state index in [4.69, 9.17) is 4.74 Å². The SMILES string of the molecule is COc1ccc(-c2cc(C(=O)NCCC(=O)N3CCCC3)[nH]n2)cc1. The molecule has 2 heterocycles. The molecule has 1 fully saturated rings. The van der Waals surface area contributed by atoms with Crippen LogP contribution in [-0.2, 0) is 4.79 Å². The van der Waals surface area contributed by atoms with Crippen LogP contribution < -0.4 is 10.1 Å². The van der Waals surface area contributed by atoms with Gasteiger partial charge in [0.15, 0.2) is 0 Å². The minimum Gasteiger partial charge on any atom is -0.497 e. The molecule has 2 aromatic rings. The number of methoxy groups -OCH3 is 1. The van der Waals surface area contributed by atoms with Gasteiger partial charge in [0.1, 0.15) is 11.4 Å². The molecule has 1 aliphatic heterocycles. The molecular weight excluding hydrogens is 320 g/mol. The number of amides is 2. The standard InChI is InChI=1S/C18H22N4O3/c1-25-14-6-4-13(5-7-14)15-12-16(21-20-15)18(24)19-9-8-17(23)22-10-2-3-11-22/h4-7,12H,2-3,8-11H2,1H3,(H,19,24)(H,20,21). The summed E-state index contributed by atoms with van der Waals surface area (Å²) < 4.78 is 5.13. The number of carbonyl (C=O) groups excluding carboxylic acids is 2. The fourth-order valence-electron chi connectivity index (χ4n) is 2.85. The van der Waals surface area contributed by atoms with Crippen molar-refractivity contribution in [1.29, 1.82) is 0 Å². The van der Waals surface area contributed by atoms with E-state index in [2.05, 4.69) is 15.5 Å². The first-order chi connectivity index (χ1) is 12.2. The number of ether oxygens (including phenoxy) is 1. The van der Waals surface area contributed by atoms with Crippen molar-refractivity contribution in [2.45, 2.75) is 19.3 Å². The summed E-state index contributed by atoms with van der Waals surface area (Å²) in [5.74, 6) is 0.600. The van der Waals surface area contributed by atoms with E-state index in [-0.39, 0.29) is 11.8 Å². The lowest BCUT2D eigenvalue weighted by Gasteiger charge is -2.14. The van der Waals surface area contributed by atoms with Crippen LogP contribution >= 0.6 is 0 Å². The molecule has 0 spiro atoms. The summed E-state index contributed by atoms with van der Waals surface area (Å²) in [5, 5.41) is 9.66. The predicted molar refractivity (Wildman–Crippen MR) is 93.3 cm³/mol. The molecule has 2 amide bonds. The number of nitrogens with zero attached hydrogens (tertiary/aromatic N) is 2.